The Morgan fingerprint density at radius 2 is 2.06 bits per heavy atom. The van der Waals surface area contributed by atoms with Crippen molar-refractivity contribution in [3.05, 3.63) is 39.5 Å². The lowest BCUT2D eigenvalue weighted by Crippen LogP contribution is -2.56. The number of rotatable bonds is 13. The van der Waals surface area contributed by atoms with E-state index in [-0.39, 0.29) is 38.0 Å². The van der Waals surface area contributed by atoms with Gasteiger partial charge in [-0.2, -0.15) is 0 Å². The van der Waals surface area contributed by atoms with Crippen molar-refractivity contribution in [1.29, 1.82) is 0 Å². The number of nitrogens with one attached hydrogen (secondary N) is 1. The molecule has 0 fully saturated rings. The highest BCUT2D eigenvalue weighted by Gasteiger charge is 2.40. The van der Waals surface area contributed by atoms with E-state index in [0.29, 0.717) is 37.5 Å². The fourth-order valence-electron chi connectivity index (χ4n) is 3.63. The smallest absolute Gasteiger partial charge is 0.248 e. The molecule has 2 amide bonds. The lowest BCUT2D eigenvalue weighted by molar-refractivity contribution is -0.142. The maximum Gasteiger partial charge on any atom is 0.248 e. The number of carbonyl (C=O) groups excluding carboxylic acids is 2. The van der Waals surface area contributed by atoms with Gasteiger partial charge in [-0.3, -0.25) is 9.59 Å². The number of amides is 2. The van der Waals surface area contributed by atoms with Crippen molar-refractivity contribution in [3.63, 3.8) is 0 Å². The number of para-hydroxylation sites is 1. The Hall–Kier alpha value is -1.73. The zero-order valence-corrected chi connectivity index (χ0v) is 21.2. The molecule has 1 aromatic carbocycles. The molecule has 9 nitrogen and oxygen atoms in total. The summed E-state index contributed by atoms with van der Waals surface area (Å²) in [7, 11) is 1.44. The summed E-state index contributed by atoms with van der Waals surface area (Å²) in [4.78, 5) is 27.1. The van der Waals surface area contributed by atoms with Crippen LogP contribution in [0, 0.1) is 3.57 Å². The van der Waals surface area contributed by atoms with Crippen LogP contribution in [-0.2, 0) is 19.1 Å². The third kappa shape index (κ3) is 8.21. The van der Waals surface area contributed by atoms with Crippen LogP contribution < -0.4 is 10.1 Å². The number of nitrogens with zero attached hydrogens (tertiary/aromatic N) is 1. The first kappa shape index (κ1) is 27.5. The Balaban J connectivity index is 2.33. The van der Waals surface area contributed by atoms with Crippen molar-refractivity contribution in [1.82, 2.24) is 10.2 Å². The molecule has 3 atom stereocenters. The maximum atomic E-state index is 12.9. The second kappa shape index (κ2) is 14.5. The highest BCUT2D eigenvalue weighted by atomic mass is 127. The van der Waals surface area contributed by atoms with Gasteiger partial charge in [0.25, 0.3) is 0 Å². The second-order valence-electron chi connectivity index (χ2n) is 7.52. The minimum Gasteiger partial charge on any atom is -0.482 e. The lowest BCUT2D eigenvalue weighted by Gasteiger charge is -2.40. The molecule has 0 radical (unpaired) electrons. The van der Waals surface area contributed by atoms with Crippen LogP contribution in [0.4, 0.5) is 0 Å². The van der Waals surface area contributed by atoms with Crippen LogP contribution in [0.25, 0.3) is 0 Å². The number of aliphatic hydroxyl groups excluding tert-OH is 2. The summed E-state index contributed by atoms with van der Waals surface area (Å²) in [5, 5.41) is 22.9. The molecule has 184 valence electrons. The molecule has 1 aliphatic carbocycles. The molecule has 1 aliphatic rings. The fraction of sp³-hybridized carbons (Fsp3) is 0.565. The molecule has 33 heavy (non-hydrogen) atoms. The summed E-state index contributed by atoms with van der Waals surface area (Å²) in [6.45, 7) is 3.04. The van der Waals surface area contributed by atoms with E-state index < -0.39 is 18.2 Å². The van der Waals surface area contributed by atoms with Crippen molar-refractivity contribution in [3.8, 4) is 5.75 Å². The van der Waals surface area contributed by atoms with E-state index >= 15 is 0 Å². The molecule has 3 unspecified atom stereocenters. The molecule has 1 aromatic rings. The van der Waals surface area contributed by atoms with Gasteiger partial charge in [0.2, 0.25) is 11.8 Å². The molecular formula is C23H33IN2O7. The Bertz CT molecular complexity index is 805. The van der Waals surface area contributed by atoms with E-state index in [2.05, 4.69) is 27.9 Å². The topological polar surface area (TPSA) is 118 Å². The van der Waals surface area contributed by atoms with Gasteiger partial charge in [-0.05, 0) is 54.1 Å². The summed E-state index contributed by atoms with van der Waals surface area (Å²) >= 11 is 2.14. The van der Waals surface area contributed by atoms with Crippen LogP contribution in [0.2, 0.25) is 0 Å². The van der Waals surface area contributed by atoms with Crippen molar-refractivity contribution in [2.24, 2.45) is 0 Å². The predicted molar refractivity (Wildman–Crippen MR) is 131 cm³/mol. The minimum atomic E-state index is -1.07. The molecule has 0 saturated heterocycles. The Labute approximate surface area is 208 Å². The van der Waals surface area contributed by atoms with Crippen molar-refractivity contribution >= 4 is 34.4 Å². The van der Waals surface area contributed by atoms with Gasteiger partial charge in [-0.1, -0.05) is 12.1 Å². The van der Waals surface area contributed by atoms with Gasteiger partial charge in [-0.25, -0.2) is 0 Å². The van der Waals surface area contributed by atoms with Crippen LogP contribution in [-0.4, -0.2) is 91.8 Å². The van der Waals surface area contributed by atoms with Crippen molar-refractivity contribution in [2.45, 2.75) is 38.0 Å². The monoisotopic (exact) mass is 576 g/mol. The van der Waals surface area contributed by atoms with Crippen LogP contribution in [0.15, 0.2) is 35.9 Å². The number of carbonyl (C=O) groups is 2. The second-order valence-corrected chi connectivity index (χ2v) is 8.68. The minimum absolute atomic E-state index is 0.103. The van der Waals surface area contributed by atoms with Crippen LogP contribution >= 0.6 is 22.6 Å². The molecule has 0 saturated carbocycles. The van der Waals surface area contributed by atoms with Gasteiger partial charge in [0, 0.05) is 45.4 Å². The van der Waals surface area contributed by atoms with Gasteiger partial charge in [-0.15, -0.1) is 0 Å². The summed E-state index contributed by atoms with van der Waals surface area (Å²) in [5.41, 5.74) is 0.384. The Morgan fingerprint density at radius 1 is 1.30 bits per heavy atom. The first-order valence-corrected chi connectivity index (χ1v) is 12.1. The first-order chi connectivity index (χ1) is 15.9. The molecule has 3 N–H and O–H groups in total. The van der Waals surface area contributed by atoms with E-state index in [1.54, 1.807) is 17.0 Å². The van der Waals surface area contributed by atoms with Gasteiger partial charge in [0.15, 0.2) is 0 Å². The number of ether oxygens (including phenoxy) is 3. The van der Waals surface area contributed by atoms with Gasteiger partial charge in [0.1, 0.15) is 24.6 Å². The predicted octanol–water partition coefficient (Wildman–Crippen LogP) is 1.11. The third-order valence-electron chi connectivity index (χ3n) is 5.19. The van der Waals surface area contributed by atoms with Crippen LogP contribution in [0.5, 0.6) is 5.75 Å². The summed E-state index contributed by atoms with van der Waals surface area (Å²) < 4.78 is 17.4. The molecule has 0 aliphatic heterocycles. The molecule has 0 spiro atoms. The highest BCUT2D eigenvalue weighted by Crippen LogP contribution is 2.29. The molecule has 0 bridgehead atoms. The number of aliphatic hydroxyl groups is 2. The number of benzene rings is 1. The average Bonchev–Trinajstić information content (AvgIpc) is 2.80. The standard InChI is InChI=1S/C23H33IN2O7/c1-3-32-12-6-10-26(21(28)15-31-2)18-13-16(23(30)25-9-11-27)14-20(22(18)29)33-19-8-5-4-7-17(19)24/h4-5,7-8,14,18,20,22,27,29H,3,6,9-13,15H2,1-2H3,(H,25,30). The van der Waals surface area contributed by atoms with Gasteiger partial charge < -0.3 is 34.6 Å². The number of hydrogen-bond acceptors (Lipinski definition) is 7. The fourth-order valence-corrected chi connectivity index (χ4v) is 4.14. The summed E-state index contributed by atoms with van der Waals surface area (Å²) in [6.07, 6.45) is 0.400. The van der Waals surface area contributed by atoms with Crippen molar-refractivity contribution < 1.29 is 34.0 Å². The summed E-state index contributed by atoms with van der Waals surface area (Å²) in [6, 6.07) is 6.67. The molecule has 0 heterocycles. The van der Waals surface area contributed by atoms with Crippen LogP contribution in [0.3, 0.4) is 0 Å². The molecule has 2 rings (SSSR count). The van der Waals surface area contributed by atoms with E-state index in [1.165, 1.54) is 7.11 Å². The highest BCUT2D eigenvalue weighted by molar-refractivity contribution is 14.1. The number of methoxy groups -OCH3 is 1. The van der Waals surface area contributed by atoms with E-state index in [1.807, 2.05) is 25.1 Å². The maximum absolute atomic E-state index is 12.9. The first-order valence-electron chi connectivity index (χ1n) is 11.0. The normalized spacial score (nSPS) is 20.2. The zero-order valence-electron chi connectivity index (χ0n) is 19.0. The molecular weight excluding hydrogens is 543 g/mol. The molecule has 10 heteroatoms. The quantitative estimate of drug-likeness (QED) is 0.238. The number of hydrogen-bond donors (Lipinski definition) is 3. The Morgan fingerprint density at radius 3 is 2.73 bits per heavy atom. The van der Waals surface area contributed by atoms with Gasteiger partial charge in [0.05, 0.1) is 16.2 Å². The zero-order chi connectivity index (χ0) is 24.2. The summed E-state index contributed by atoms with van der Waals surface area (Å²) in [5.74, 6) is -0.0887. The number of halogens is 1. The molecule has 0 aromatic heterocycles. The Kier molecular flexibility index (Phi) is 12.1. The largest absolute Gasteiger partial charge is 0.482 e. The van der Waals surface area contributed by atoms with Gasteiger partial charge >= 0.3 is 0 Å². The van der Waals surface area contributed by atoms with E-state index in [0.717, 1.165) is 3.57 Å². The SMILES string of the molecule is CCOCCCN(C(=O)COC)C1CC(C(=O)NCCO)=CC(Oc2ccccc2I)C1O. The third-order valence-corrected chi connectivity index (χ3v) is 6.09. The van der Waals surface area contributed by atoms with E-state index in [4.69, 9.17) is 19.3 Å². The lowest BCUT2D eigenvalue weighted by atomic mass is 9.88. The average molecular weight is 576 g/mol. The van der Waals surface area contributed by atoms with Crippen molar-refractivity contribution in [2.75, 3.05) is 46.6 Å². The van der Waals surface area contributed by atoms with Crippen LogP contribution in [0.1, 0.15) is 19.8 Å². The van der Waals surface area contributed by atoms with E-state index in [9.17, 15) is 14.7 Å².